The van der Waals surface area contributed by atoms with Crippen molar-refractivity contribution >= 4 is 17.9 Å². The first kappa shape index (κ1) is 40.5. The largest absolute Gasteiger partial charge is 0.497 e. The van der Waals surface area contributed by atoms with Gasteiger partial charge in [-0.3, -0.25) is 20.8 Å². The molecule has 0 aliphatic heterocycles. The Labute approximate surface area is 317 Å². The first-order chi connectivity index (χ1) is 24.9. The fraction of sp³-hybridized carbons (Fsp3) is 0.119. The predicted molar refractivity (Wildman–Crippen MR) is 193 cm³/mol. The Kier molecular flexibility index (Phi) is 17.1. The Morgan fingerprint density at radius 2 is 0.885 bits per heavy atom. The van der Waals surface area contributed by atoms with E-state index < -0.39 is 0 Å². The number of carbonyl (C=O) groups is 3. The van der Waals surface area contributed by atoms with Crippen LogP contribution in [0.1, 0.15) is 33.6 Å². The van der Waals surface area contributed by atoms with E-state index in [0.29, 0.717) is 30.1 Å². The van der Waals surface area contributed by atoms with Crippen LogP contribution in [0.2, 0.25) is 0 Å². The van der Waals surface area contributed by atoms with Gasteiger partial charge in [-0.05, 0) is 35.3 Å². The van der Waals surface area contributed by atoms with Gasteiger partial charge in [0.15, 0.2) is 5.97 Å². The van der Waals surface area contributed by atoms with E-state index in [2.05, 4.69) is 33.2 Å². The van der Waals surface area contributed by atoms with Crippen LogP contribution in [0, 0.1) is 24.6 Å². The van der Waals surface area contributed by atoms with Gasteiger partial charge in [-0.2, -0.15) is 6.92 Å². The topological polar surface area (TPSA) is 118 Å². The Morgan fingerprint density at radius 1 is 0.538 bits per heavy atom. The molecule has 0 saturated carbocycles. The van der Waals surface area contributed by atoms with Crippen molar-refractivity contribution in [2.45, 2.75) is 33.6 Å². The molecule has 0 aliphatic carbocycles. The Balaban J connectivity index is 0.000000208. The van der Waals surface area contributed by atoms with E-state index in [4.69, 9.17) is 14.2 Å². The summed E-state index contributed by atoms with van der Waals surface area (Å²) in [6.45, 7) is 5.15. The van der Waals surface area contributed by atoms with Crippen LogP contribution < -0.4 is 14.2 Å². The Bertz CT molecular complexity index is 1710. The van der Waals surface area contributed by atoms with E-state index in [-0.39, 0.29) is 38.0 Å². The third-order valence-electron chi connectivity index (χ3n) is 6.67. The summed E-state index contributed by atoms with van der Waals surface area (Å²) < 4.78 is 15.1. The van der Waals surface area contributed by atoms with Crippen LogP contribution in [0.3, 0.4) is 0 Å². The molecule has 0 aliphatic rings. The maximum absolute atomic E-state index is 11.1. The molecule has 6 rings (SSSR count). The van der Waals surface area contributed by atoms with Gasteiger partial charge in [0.25, 0.3) is 0 Å². The second-order valence-electron chi connectivity index (χ2n) is 10.3. The molecule has 0 spiro atoms. The third-order valence-corrected chi connectivity index (χ3v) is 6.67. The van der Waals surface area contributed by atoms with Gasteiger partial charge in [-0.1, -0.05) is 50.2 Å². The number of ether oxygens (including phenoxy) is 3. The molecule has 10 heteroatoms. The first-order valence-electron chi connectivity index (χ1n) is 16.1. The molecule has 0 bridgehead atoms. The molecular formula is C42H35IrN3O6-4. The van der Waals surface area contributed by atoms with Crippen LogP contribution in [0.4, 0.5) is 0 Å². The summed E-state index contributed by atoms with van der Waals surface area (Å²) in [6.07, 6.45) is 7.28. The third kappa shape index (κ3) is 13.4. The number of pyridine rings is 3. The van der Waals surface area contributed by atoms with Crippen molar-refractivity contribution in [2.24, 2.45) is 0 Å². The van der Waals surface area contributed by atoms with E-state index in [1.807, 2.05) is 72.8 Å². The van der Waals surface area contributed by atoms with Gasteiger partial charge in [0.1, 0.15) is 0 Å². The average molecular weight is 870 g/mol. The molecule has 6 aromatic rings. The molecule has 3 aromatic carbocycles. The minimum atomic E-state index is -0.371. The second kappa shape index (κ2) is 22.0. The zero-order valence-corrected chi connectivity index (χ0v) is 31.1. The molecule has 52 heavy (non-hydrogen) atoms. The molecule has 1 radical (unpaired) electrons. The van der Waals surface area contributed by atoms with Gasteiger partial charge in [0.05, 0.1) is 0 Å². The summed E-state index contributed by atoms with van der Waals surface area (Å²) in [4.78, 5) is 45.9. The van der Waals surface area contributed by atoms with Crippen molar-refractivity contribution in [3.63, 3.8) is 0 Å². The molecule has 3 heterocycles. The summed E-state index contributed by atoms with van der Waals surface area (Å²) in [5.74, 6) is 0.637. The number of hydrogen-bond acceptors (Lipinski definition) is 9. The number of esters is 3. The molecule has 267 valence electrons. The summed E-state index contributed by atoms with van der Waals surface area (Å²) >= 11 is 0. The molecule has 0 saturated heterocycles. The van der Waals surface area contributed by atoms with Gasteiger partial charge >= 0.3 is 11.9 Å². The molecule has 0 amide bonds. The number of hydrogen-bond donors (Lipinski definition) is 0. The molecular weight excluding hydrogens is 835 g/mol. The number of nitrogens with zero attached hydrogens (tertiary/aromatic N) is 3. The maximum Gasteiger partial charge on any atom is 0.301 e. The predicted octanol–water partition coefficient (Wildman–Crippen LogP) is 8.40. The van der Waals surface area contributed by atoms with Crippen LogP contribution >= 0.6 is 0 Å². The number of aromatic nitrogens is 3. The number of carbonyl (C=O) groups excluding carboxylic acids is 3. The maximum atomic E-state index is 11.1. The van der Waals surface area contributed by atoms with Crippen molar-refractivity contribution in [2.75, 3.05) is 0 Å². The SMILES string of the molecule is CCC(=O)Oc1c[c-]c(-c2ccccn2)cc1.CCC(=O)Oc1c[c-]c(-c2ccccn2)cc1.C[CH-]C(=O)Oc1c[c-]c(-c2ccccn2)cc1.[Ir]. The average Bonchev–Trinajstić information content (AvgIpc) is 3.20. The zero-order valence-electron chi connectivity index (χ0n) is 28.7. The van der Waals surface area contributed by atoms with Crippen molar-refractivity contribution in [3.8, 4) is 51.0 Å². The van der Waals surface area contributed by atoms with Gasteiger partial charge in [-0.25, -0.2) is 0 Å². The van der Waals surface area contributed by atoms with Crippen molar-refractivity contribution in [1.82, 2.24) is 15.0 Å². The quantitative estimate of drug-likeness (QED) is 0.0803. The molecule has 3 aromatic heterocycles. The second-order valence-corrected chi connectivity index (χ2v) is 10.3. The van der Waals surface area contributed by atoms with Crippen molar-refractivity contribution < 1.29 is 48.7 Å². The van der Waals surface area contributed by atoms with Gasteiger partial charge in [-0.15, -0.1) is 89.5 Å². The van der Waals surface area contributed by atoms with Crippen molar-refractivity contribution in [3.05, 3.63) is 152 Å². The van der Waals surface area contributed by atoms with E-state index in [9.17, 15) is 14.4 Å². The summed E-state index contributed by atoms with van der Waals surface area (Å²) in [5, 5.41) is 0. The van der Waals surface area contributed by atoms with Gasteiger partial charge in [0, 0.05) is 68.8 Å². The fourth-order valence-electron chi connectivity index (χ4n) is 4.05. The zero-order chi connectivity index (χ0) is 36.3. The molecule has 0 fully saturated rings. The Hall–Kier alpha value is -5.96. The van der Waals surface area contributed by atoms with Crippen LogP contribution in [0.25, 0.3) is 33.8 Å². The Morgan fingerprint density at radius 3 is 1.13 bits per heavy atom. The monoisotopic (exact) mass is 870 g/mol. The number of benzene rings is 3. The van der Waals surface area contributed by atoms with Crippen LogP contribution in [0.15, 0.2) is 128 Å². The normalized spacial score (nSPS) is 9.67. The molecule has 0 N–H and O–H groups in total. The van der Waals surface area contributed by atoms with Crippen LogP contribution in [-0.4, -0.2) is 32.9 Å². The smallest absolute Gasteiger partial charge is 0.301 e. The molecule has 9 nitrogen and oxygen atoms in total. The number of rotatable bonds is 9. The standard InChI is InChI=1S/2C14H12NO2.C14H11NO2.Ir/c3*1-2-14(16)17-12-8-6-11(7-9-12)13-5-3-4-10-15-13;/h2*3-6,8-10H,2H2,1H3;2-6,8-10H,1H3;/q2*-1;-2;. The summed E-state index contributed by atoms with van der Waals surface area (Å²) in [7, 11) is 0. The fourth-order valence-corrected chi connectivity index (χ4v) is 4.05. The molecule has 0 atom stereocenters. The van der Waals surface area contributed by atoms with Crippen LogP contribution in [-0.2, 0) is 34.5 Å². The van der Waals surface area contributed by atoms with E-state index in [0.717, 1.165) is 33.8 Å². The minimum absolute atomic E-state index is 0. The van der Waals surface area contributed by atoms with E-state index >= 15 is 0 Å². The summed E-state index contributed by atoms with van der Waals surface area (Å²) in [5.41, 5.74) is 5.16. The van der Waals surface area contributed by atoms with Gasteiger partial charge < -0.3 is 29.2 Å². The van der Waals surface area contributed by atoms with E-state index in [1.165, 1.54) is 6.42 Å². The summed E-state index contributed by atoms with van der Waals surface area (Å²) in [6, 6.07) is 41.8. The van der Waals surface area contributed by atoms with Crippen molar-refractivity contribution in [1.29, 1.82) is 0 Å². The van der Waals surface area contributed by atoms with E-state index in [1.54, 1.807) is 75.8 Å². The minimum Gasteiger partial charge on any atom is -0.497 e. The van der Waals surface area contributed by atoms with Crippen LogP contribution in [0.5, 0.6) is 17.2 Å². The molecule has 0 unspecified atom stereocenters. The first-order valence-corrected chi connectivity index (χ1v) is 16.1. The van der Waals surface area contributed by atoms with Gasteiger partial charge in [0.2, 0.25) is 0 Å².